The maximum atomic E-state index is 11.4. The van der Waals surface area contributed by atoms with Gasteiger partial charge in [0.2, 0.25) is 0 Å². The van der Waals surface area contributed by atoms with Gasteiger partial charge in [-0.05, 0) is 29.8 Å². The van der Waals surface area contributed by atoms with Crippen molar-refractivity contribution in [2.24, 2.45) is 10.2 Å². The molecular formula is C14H13N5O2. The molecule has 0 bridgehead atoms. The largest absolute Gasteiger partial charge is 0.364 e. The van der Waals surface area contributed by atoms with Crippen molar-refractivity contribution in [3.63, 3.8) is 0 Å². The molecule has 2 rings (SSSR count). The van der Waals surface area contributed by atoms with Gasteiger partial charge in [-0.3, -0.25) is 4.98 Å². The van der Waals surface area contributed by atoms with Crippen molar-refractivity contribution in [1.82, 2.24) is 10.3 Å². The third-order valence-electron chi connectivity index (χ3n) is 2.45. The van der Waals surface area contributed by atoms with Crippen molar-refractivity contribution in [3.8, 4) is 0 Å². The number of carbonyl (C=O) groups is 2. The average molecular weight is 283 g/mol. The van der Waals surface area contributed by atoms with Gasteiger partial charge in [-0.2, -0.15) is 0 Å². The summed E-state index contributed by atoms with van der Waals surface area (Å²) in [6, 6.07) is 10.9. The Labute approximate surface area is 121 Å². The molecule has 2 aromatic rings. The van der Waals surface area contributed by atoms with Gasteiger partial charge in [0, 0.05) is 24.6 Å². The molecule has 2 N–H and O–H groups in total. The molecule has 0 spiro atoms. The second kappa shape index (κ2) is 7.49. The van der Waals surface area contributed by atoms with Crippen LogP contribution in [0, 0.1) is 0 Å². The highest BCUT2D eigenvalue weighted by Gasteiger charge is 2.02. The zero-order chi connectivity index (χ0) is 14.9. The molecule has 4 amide bonds. The van der Waals surface area contributed by atoms with Gasteiger partial charge in [-0.25, -0.2) is 9.59 Å². The van der Waals surface area contributed by atoms with Gasteiger partial charge in [-0.1, -0.05) is 28.4 Å². The van der Waals surface area contributed by atoms with E-state index in [1.807, 2.05) is 6.07 Å². The fraction of sp³-hybridized carbons (Fsp3) is 0.0714. The van der Waals surface area contributed by atoms with Crippen LogP contribution in [0.1, 0.15) is 5.56 Å². The molecule has 0 aliphatic heterocycles. The van der Waals surface area contributed by atoms with Gasteiger partial charge >= 0.3 is 12.1 Å². The van der Waals surface area contributed by atoms with Gasteiger partial charge in [0.25, 0.3) is 0 Å². The number of carbonyl (C=O) groups excluding carboxylic acids is 2. The number of benzene rings is 1. The Balaban J connectivity index is 1.78. The maximum absolute atomic E-state index is 11.4. The SMILES string of the molecule is O=C(/N=N/C(=O)Nc1ccccc1)NCc1ccncc1. The summed E-state index contributed by atoms with van der Waals surface area (Å²) >= 11 is 0. The molecule has 106 valence electrons. The standard InChI is InChI=1S/C14H13N5O2/c20-13(16-10-11-6-8-15-9-7-11)18-19-14(21)17-12-4-2-1-3-5-12/h1-9H,10H2,(H,16,20)(H,17,21)/b19-18+. The number of amides is 4. The quantitative estimate of drug-likeness (QED) is 0.847. The van der Waals surface area contributed by atoms with E-state index in [4.69, 9.17) is 0 Å². The van der Waals surface area contributed by atoms with E-state index in [1.54, 1.807) is 48.8 Å². The minimum Gasteiger partial charge on any atom is -0.331 e. The number of nitrogens with one attached hydrogen (secondary N) is 2. The first-order valence-corrected chi connectivity index (χ1v) is 6.18. The molecule has 1 aromatic carbocycles. The summed E-state index contributed by atoms with van der Waals surface area (Å²) in [5, 5.41) is 11.6. The van der Waals surface area contributed by atoms with Crippen LogP contribution in [0.15, 0.2) is 65.1 Å². The Morgan fingerprint density at radius 1 is 0.952 bits per heavy atom. The first-order chi connectivity index (χ1) is 10.2. The number of para-hydroxylation sites is 1. The number of anilines is 1. The summed E-state index contributed by atoms with van der Waals surface area (Å²) in [7, 11) is 0. The van der Waals surface area contributed by atoms with E-state index >= 15 is 0 Å². The van der Waals surface area contributed by atoms with Crippen LogP contribution in [0.5, 0.6) is 0 Å². The lowest BCUT2D eigenvalue weighted by Gasteiger charge is -2.01. The Hall–Kier alpha value is -3.09. The number of rotatable bonds is 3. The summed E-state index contributed by atoms with van der Waals surface area (Å²) in [5.74, 6) is 0. The van der Waals surface area contributed by atoms with Crippen molar-refractivity contribution >= 4 is 17.7 Å². The van der Waals surface area contributed by atoms with Crippen LogP contribution >= 0.6 is 0 Å². The predicted octanol–water partition coefficient (Wildman–Crippen LogP) is 2.98. The third kappa shape index (κ3) is 5.19. The molecule has 1 heterocycles. The second-order valence-electron chi connectivity index (χ2n) is 4.01. The fourth-order valence-electron chi connectivity index (χ4n) is 1.47. The first-order valence-electron chi connectivity index (χ1n) is 6.18. The normalized spacial score (nSPS) is 10.3. The maximum Gasteiger partial charge on any atom is 0.364 e. The molecule has 0 saturated heterocycles. The van der Waals surface area contributed by atoms with Crippen LogP contribution in [-0.2, 0) is 6.54 Å². The number of nitrogens with zero attached hydrogens (tertiary/aromatic N) is 3. The number of hydrogen-bond donors (Lipinski definition) is 2. The lowest BCUT2D eigenvalue weighted by atomic mass is 10.3. The molecule has 21 heavy (non-hydrogen) atoms. The van der Waals surface area contributed by atoms with Crippen LogP contribution in [-0.4, -0.2) is 17.0 Å². The van der Waals surface area contributed by atoms with Gasteiger partial charge in [-0.15, -0.1) is 0 Å². The van der Waals surface area contributed by atoms with Crippen LogP contribution < -0.4 is 10.6 Å². The highest BCUT2D eigenvalue weighted by molar-refractivity contribution is 5.90. The average Bonchev–Trinajstić information content (AvgIpc) is 2.53. The summed E-state index contributed by atoms with van der Waals surface area (Å²) in [6.07, 6.45) is 3.24. The molecule has 7 nitrogen and oxygen atoms in total. The first kappa shape index (κ1) is 14.3. The molecule has 0 fully saturated rings. The number of aromatic nitrogens is 1. The smallest absolute Gasteiger partial charge is 0.331 e. The second-order valence-corrected chi connectivity index (χ2v) is 4.01. The topological polar surface area (TPSA) is 95.8 Å². The van der Waals surface area contributed by atoms with Crippen molar-refractivity contribution in [3.05, 3.63) is 60.4 Å². The predicted molar refractivity (Wildman–Crippen MR) is 76.8 cm³/mol. The molecule has 0 atom stereocenters. The van der Waals surface area contributed by atoms with Crippen LogP contribution in [0.3, 0.4) is 0 Å². The highest BCUT2D eigenvalue weighted by atomic mass is 16.2. The van der Waals surface area contributed by atoms with Crippen molar-refractivity contribution in [1.29, 1.82) is 0 Å². The Kier molecular flexibility index (Phi) is 5.11. The fourth-order valence-corrected chi connectivity index (χ4v) is 1.47. The van der Waals surface area contributed by atoms with Gasteiger partial charge in [0.05, 0.1) is 0 Å². The zero-order valence-electron chi connectivity index (χ0n) is 11.1. The van der Waals surface area contributed by atoms with Crippen LogP contribution in [0.25, 0.3) is 0 Å². The Morgan fingerprint density at radius 3 is 2.33 bits per heavy atom. The molecule has 0 unspecified atom stereocenters. The van der Waals surface area contributed by atoms with Gasteiger partial charge in [0.1, 0.15) is 0 Å². The number of azo groups is 1. The molecular weight excluding hydrogens is 270 g/mol. The van der Waals surface area contributed by atoms with E-state index in [2.05, 4.69) is 25.8 Å². The molecule has 7 heteroatoms. The Morgan fingerprint density at radius 2 is 1.62 bits per heavy atom. The summed E-state index contributed by atoms with van der Waals surface area (Å²) in [5.41, 5.74) is 1.46. The lowest BCUT2D eigenvalue weighted by Crippen LogP contribution is -2.19. The summed E-state index contributed by atoms with van der Waals surface area (Å²) < 4.78 is 0. The molecule has 0 aliphatic carbocycles. The van der Waals surface area contributed by atoms with Gasteiger partial charge < -0.3 is 10.6 Å². The minimum atomic E-state index is -0.708. The van der Waals surface area contributed by atoms with E-state index in [1.165, 1.54) is 0 Å². The number of pyridine rings is 1. The molecule has 0 saturated carbocycles. The summed E-state index contributed by atoms with van der Waals surface area (Å²) in [4.78, 5) is 26.7. The van der Waals surface area contributed by atoms with Crippen molar-refractivity contribution < 1.29 is 9.59 Å². The number of urea groups is 2. The molecule has 1 aromatic heterocycles. The van der Waals surface area contributed by atoms with E-state index in [0.29, 0.717) is 12.2 Å². The summed E-state index contributed by atoms with van der Waals surface area (Å²) in [6.45, 7) is 0.292. The minimum absolute atomic E-state index is 0.292. The number of hydrogen-bond acceptors (Lipinski definition) is 3. The van der Waals surface area contributed by atoms with Crippen LogP contribution in [0.4, 0.5) is 15.3 Å². The van der Waals surface area contributed by atoms with Crippen LogP contribution in [0.2, 0.25) is 0 Å². The van der Waals surface area contributed by atoms with E-state index in [-0.39, 0.29) is 0 Å². The molecule has 0 aliphatic rings. The van der Waals surface area contributed by atoms with E-state index in [0.717, 1.165) is 5.56 Å². The van der Waals surface area contributed by atoms with E-state index < -0.39 is 12.1 Å². The van der Waals surface area contributed by atoms with Crippen molar-refractivity contribution in [2.45, 2.75) is 6.54 Å². The Bertz CT molecular complexity index is 628. The van der Waals surface area contributed by atoms with Gasteiger partial charge in [0.15, 0.2) is 0 Å². The highest BCUT2D eigenvalue weighted by Crippen LogP contribution is 2.05. The van der Waals surface area contributed by atoms with E-state index in [9.17, 15) is 9.59 Å². The van der Waals surface area contributed by atoms with Crippen molar-refractivity contribution in [2.75, 3.05) is 5.32 Å². The monoisotopic (exact) mass is 283 g/mol. The third-order valence-corrected chi connectivity index (χ3v) is 2.45. The zero-order valence-corrected chi connectivity index (χ0v) is 11.1. The lowest BCUT2D eigenvalue weighted by molar-refractivity contribution is 0.244. The molecule has 0 radical (unpaired) electrons.